The first-order valence-corrected chi connectivity index (χ1v) is 15.2. The van der Waals surface area contributed by atoms with Crippen molar-refractivity contribution in [2.24, 2.45) is 11.7 Å². The standard InChI is InChI=1S/C24H35N3OS2.C4H9NO2/c1-4-26-30-21-12-19(27-24(13-17(2)3)15-28-16-24)10-11-20(21)22-14-25-23(29-22)18-8-6-5-7-9-18;1-3(2)7-4(5)6/h10-12,14,17-18,26-27H,4-9,13,15-16H2,1-3H3;3H,1-2H3,(H2,5,6). The number of rotatable bonds is 10. The number of nitrogens with zero attached hydrogens (tertiary/aromatic N) is 1. The first kappa shape index (κ1) is 29.7. The Bertz CT molecular complexity index is 986. The molecule has 0 atom stereocenters. The average molecular weight is 549 g/mol. The van der Waals surface area contributed by atoms with Crippen LogP contribution in [0.2, 0.25) is 0 Å². The van der Waals surface area contributed by atoms with Crippen LogP contribution >= 0.6 is 23.3 Å². The van der Waals surface area contributed by atoms with Gasteiger partial charge in [0, 0.05) is 34.8 Å². The highest BCUT2D eigenvalue weighted by atomic mass is 32.2. The molecule has 0 bridgehead atoms. The van der Waals surface area contributed by atoms with Gasteiger partial charge in [-0.3, -0.25) is 4.72 Å². The largest absolute Gasteiger partial charge is 0.447 e. The number of hydrogen-bond donors (Lipinski definition) is 3. The predicted molar refractivity (Wildman–Crippen MR) is 155 cm³/mol. The van der Waals surface area contributed by atoms with E-state index in [1.807, 2.05) is 11.3 Å². The van der Waals surface area contributed by atoms with Crippen molar-refractivity contribution in [3.8, 4) is 10.4 Å². The molecular formula is C28H44N4O3S2. The van der Waals surface area contributed by atoms with Crippen LogP contribution in [0.4, 0.5) is 10.5 Å². The molecule has 1 aromatic carbocycles. The third kappa shape index (κ3) is 9.16. The lowest BCUT2D eigenvalue weighted by atomic mass is 9.87. The molecule has 1 saturated carbocycles. The van der Waals surface area contributed by atoms with Gasteiger partial charge in [0.05, 0.1) is 34.7 Å². The molecule has 1 amide bonds. The topological polar surface area (TPSA) is 98.5 Å². The maximum Gasteiger partial charge on any atom is 0.404 e. The minimum atomic E-state index is -0.713. The maximum atomic E-state index is 9.81. The van der Waals surface area contributed by atoms with Crippen LogP contribution in [0.15, 0.2) is 29.3 Å². The van der Waals surface area contributed by atoms with Crippen LogP contribution in [0.1, 0.15) is 84.1 Å². The fourth-order valence-electron chi connectivity index (χ4n) is 4.90. The molecule has 0 unspecified atom stereocenters. The summed E-state index contributed by atoms with van der Waals surface area (Å²) in [5.41, 5.74) is 7.18. The monoisotopic (exact) mass is 548 g/mol. The third-order valence-electron chi connectivity index (χ3n) is 6.37. The van der Waals surface area contributed by atoms with Crippen LogP contribution in [0.5, 0.6) is 0 Å². The molecule has 1 saturated heterocycles. The summed E-state index contributed by atoms with van der Waals surface area (Å²) in [4.78, 5) is 17.2. The number of amides is 1. The van der Waals surface area contributed by atoms with Crippen molar-refractivity contribution < 1.29 is 14.3 Å². The van der Waals surface area contributed by atoms with Crippen LogP contribution in [0, 0.1) is 5.92 Å². The Hall–Kier alpha value is -1.81. The zero-order valence-electron chi connectivity index (χ0n) is 23.0. The number of carbonyl (C=O) groups is 1. The van der Waals surface area contributed by atoms with Gasteiger partial charge in [0.25, 0.3) is 0 Å². The fraction of sp³-hybridized carbons (Fsp3) is 0.643. The third-order valence-corrected chi connectivity index (χ3v) is 8.55. The molecule has 2 fully saturated rings. The van der Waals surface area contributed by atoms with Crippen molar-refractivity contribution in [3.63, 3.8) is 0 Å². The lowest BCUT2D eigenvalue weighted by Gasteiger charge is -2.44. The number of carbonyl (C=O) groups excluding carboxylic acids is 1. The Morgan fingerprint density at radius 1 is 1.24 bits per heavy atom. The van der Waals surface area contributed by atoms with Gasteiger partial charge in [-0.2, -0.15) is 0 Å². The summed E-state index contributed by atoms with van der Waals surface area (Å²) < 4.78 is 13.4. The van der Waals surface area contributed by atoms with E-state index in [4.69, 9.17) is 9.72 Å². The summed E-state index contributed by atoms with van der Waals surface area (Å²) >= 11 is 3.61. The van der Waals surface area contributed by atoms with Crippen molar-refractivity contribution in [2.75, 3.05) is 25.1 Å². The highest BCUT2D eigenvalue weighted by molar-refractivity contribution is 7.97. The molecule has 2 heterocycles. The molecule has 1 aliphatic heterocycles. The number of anilines is 1. The minimum absolute atomic E-state index is 0.0778. The van der Waals surface area contributed by atoms with Gasteiger partial charge in [-0.05, 0) is 63.1 Å². The summed E-state index contributed by atoms with van der Waals surface area (Å²) in [6.07, 6.45) is 9.09. The molecule has 0 radical (unpaired) electrons. The highest BCUT2D eigenvalue weighted by Gasteiger charge is 2.39. The Morgan fingerprint density at radius 2 is 1.97 bits per heavy atom. The zero-order valence-corrected chi connectivity index (χ0v) is 24.6. The van der Waals surface area contributed by atoms with Crippen molar-refractivity contribution in [3.05, 3.63) is 29.4 Å². The van der Waals surface area contributed by atoms with E-state index < -0.39 is 6.09 Å². The summed E-state index contributed by atoms with van der Waals surface area (Å²) in [5.74, 6) is 1.31. The van der Waals surface area contributed by atoms with Gasteiger partial charge in [-0.25, -0.2) is 9.78 Å². The molecule has 2 aliphatic rings. The molecule has 4 rings (SSSR count). The van der Waals surface area contributed by atoms with E-state index in [2.05, 4.69) is 65.7 Å². The Balaban J connectivity index is 0.000000479. The lowest BCUT2D eigenvalue weighted by molar-refractivity contribution is -0.0505. The molecule has 37 heavy (non-hydrogen) atoms. The molecule has 206 valence electrons. The number of primary amides is 1. The predicted octanol–water partition coefficient (Wildman–Crippen LogP) is 7.19. The molecule has 7 nitrogen and oxygen atoms in total. The summed E-state index contributed by atoms with van der Waals surface area (Å²) in [5, 5.41) is 5.12. The van der Waals surface area contributed by atoms with E-state index in [0.29, 0.717) is 11.8 Å². The van der Waals surface area contributed by atoms with Crippen molar-refractivity contribution in [1.29, 1.82) is 0 Å². The SMILES string of the molecule is CC(C)OC(N)=O.CCNSc1cc(NC2(CC(C)C)COC2)ccc1-c1cnc(C2CCCCC2)s1. The number of thiazole rings is 1. The number of ether oxygens (including phenoxy) is 2. The number of nitrogens with one attached hydrogen (secondary N) is 2. The van der Waals surface area contributed by atoms with Crippen molar-refractivity contribution >= 4 is 35.1 Å². The van der Waals surface area contributed by atoms with Crippen LogP contribution in [0.25, 0.3) is 10.4 Å². The van der Waals surface area contributed by atoms with Gasteiger partial charge in [0.1, 0.15) is 0 Å². The second kappa shape index (κ2) is 14.4. The van der Waals surface area contributed by atoms with E-state index >= 15 is 0 Å². The second-order valence-electron chi connectivity index (χ2n) is 10.7. The smallest absolute Gasteiger partial charge is 0.404 e. The second-order valence-corrected chi connectivity index (χ2v) is 12.7. The minimum Gasteiger partial charge on any atom is -0.447 e. The van der Waals surface area contributed by atoms with Crippen LogP contribution in [-0.4, -0.2) is 42.5 Å². The Labute approximate surface area is 230 Å². The van der Waals surface area contributed by atoms with E-state index in [-0.39, 0.29) is 11.6 Å². The maximum absolute atomic E-state index is 9.81. The highest BCUT2D eigenvalue weighted by Crippen LogP contribution is 2.41. The number of benzene rings is 1. The molecule has 9 heteroatoms. The van der Waals surface area contributed by atoms with Crippen molar-refractivity contribution in [2.45, 2.75) is 95.6 Å². The fourth-order valence-corrected chi connectivity index (χ4v) is 6.86. The quantitative estimate of drug-likeness (QED) is 0.270. The van der Waals surface area contributed by atoms with E-state index in [9.17, 15) is 4.79 Å². The molecular weight excluding hydrogens is 504 g/mol. The lowest BCUT2D eigenvalue weighted by Crippen LogP contribution is -2.56. The van der Waals surface area contributed by atoms with Crippen molar-refractivity contribution in [1.82, 2.24) is 9.71 Å². The summed E-state index contributed by atoms with van der Waals surface area (Å²) in [6, 6.07) is 6.79. The molecule has 4 N–H and O–H groups in total. The van der Waals surface area contributed by atoms with Crippen LogP contribution in [0.3, 0.4) is 0 Å². The van der Waals surface area contributed by atoms with E-state index in [1.54, 1.807) is 25.8 Å². The summed E-state index contributed by atoms with van der Waals surface area (Å²) in [6.45, 7) is 12.7. The molecule has 2 aromatic rings. The van der Waals surface area contributed by atoms with Gasteiger partial charge < -0.3 is 20.5 Å². The van der Waals surface area contributed by atoms with Gasteiger partial charge >= 0.3 is 6.09 Å². The number of hydrogen-bond acceptors (Lipinski definition) is 8. The van der Waals surface area contributed by atoms with Gasteiger partial charge in [0.2, 0.25) is 0 Å². The Morgan fingerprint density at radius 3 is 2.51 bits per heavy atom. The van der Waals surface area contributed by atoms with Gasteiger partial charge in [0.15, 0.2) is 0 Å². The van der Waals surface area contributed by atoms with Crippen LogP contribution in [-0.2, 0) is 9.47 Å². The van der Waals surface area contributed by atoms with Crippen LogP contribution < -0.4 is 15.8 Å². The van der Waals surface area contributed by atoms with Gasteiger partial charge in [-0.1, -0.05) is 46.1 Å². The summed E-state index contributed by atoms with van der Waals surface area (Å²) in [7, 11) is 0. The molecule has 1 aliphatic carbocycles. The number of aromatic nitrogens is 1. The first-order valence-electron chi connectivity index (χ1n) is 13.5. The molecule has 0 spiro atoms. The van der Waals surface area contributed by atoms with E-state index in [0.717, 1.165) is 26.2 Å². The number of nitrogens with two attached hydrogens (primary N) is 1. The zero-order chi connectivity index (χ0) is 26.8. The first-order chi connectivity index (χ1) is 17.7. The van der Waals surface area contributed by atoms with Gasteiger partial charge in [-0.15, -0.1) is 11.3 Å². The molecule has 1 aromatic heterocycles. The van der Waals surface area contributed by atoms with E-state index in [1.165, 1.54) is 58.1 Å². The average Bonchev–Trinajstić information content (AvgIpc) is 3.31. The normalized spacial score (nSPS) is 17.2. The Kier molecular flexibility index (Phi) is 11.6.